The molecule has 0 spiro atoms. The summed E-state index contributed by atoms with van der Waals surface area (Å²) in [5.74, 6) is 0.0609. The van der Waals surface area contributed by atoms with Gasteiger partial charge < -0.3 is 0 Å². The zero-order valence-electron chi connectivity index (χ0n) is 20.0. The van der Waals surface area contributed by atoms with Crippen LogP contribution in [0.1, 0.15) is 136 Å². The first-order chi connectivity index (χ1) is 14.5. The van der Waals surface area contributed by atoms with E-state index in [0.29, 0.717) is 0 Å². The van der Waals surface area contributed by atoms with Crippen LogP contribution in [-0.2, 0) is 14.6 Å². The van der Waals surface area contributed by atoms with Crippen molar-refractivity contribution in [3.8, 4) is 0 Å². The van der Waals surface area contributed by atoms with E-state index >= 15 is 0 Å². The summed E-state index contributed by atoms with van der Waals surface area (Å²) < 4.78 is 35.1. The minimum atomic E-state index is -4.35. The molecule has 4 nitrogen and oxygen atoms in total. The van der Waals surface area contributed by atoms with Crippen molar-refractivity contribution in [2.75, 3.05) is 6.61 Å². The first kappa shape index (κ1) is 29.6. The Kier molecular flexibility index (Phi) is 21.5. The van der Waals surface area contributed by atoms with Gasteiger partial charge in [-0.3, -0.25) is 4.55 Å². The van der Waals surface area contributed by atoms with Crippen molar-refractivity contribution in [2.45, 2.75) is 136 Å². The van der Waals surface area contributed by atoms with Crippen LogP contribution in [0.4, 0.5) is 0 Å². The van der Waals surface area contributed by atoms with Gasteiger partial charge in [0.2, 0.25) is 0 Å². The summed E-state index contributed by atoms with van der Waals surface area (Å²) in [5, 5.41) is 0. The molecule has 1 atom stereocenters. The van der Waals surface area contributed by atoms with Gasteiger partial charge in [0.05, 0.1) is 6.61 Å². The van der Waals surface area contributed by atoms with Crippen molar-refractivity contribution in [3.05, 3.63) is 12.2 Å². The number of allylic oxidation sites excluding steroid dienone is 1. The molecule has 1 unspecified atom stereocenters. The average molecular weight is 447 g/mol. The molecule has 0 aliphatic heterocycles. The lowest BCUT2D eigenvalue weighted by molar-refractivity contribution is 0.234. The molecule has 5 heteroatoms. The Balaban J connectivity index is 3.63. The van der Waals surface area contributed by atoms with E-state index in [1.807, 2.05) is 0 Å². The molecule has 0 amide bonds. The summed E-state index contributed by atoms with van der Waals surface area (Å²) >= 11 is 0. The predicted molar refractivity (Wildman–Crippen MR) is 129 cm³/mol. The van der Waals surface area contributed by atoms with Gasteiger partial charge in [0.1, 0.15) is 0 Å². The summed E-state index contributed by atoms with van der Waals surface area (Å²) in [4.78, 5) is 0. The van der Waals surface area contributed by atoms with Gasteiger partial charge in [0, 0.05) is 5.92 Å². The third-order valence-corrected chi connectivity index (χ3v) is 6.18. The average Bonchev–Trinajstić information content (AvgIpc) is 2.70. The van der Waals surface area contributed by atoms with Crippen LogP contribution in [0.5, 0.6) is 0 Å². The van der Waals surface area contributed by atoms with E-state index in [0.717, 1.165) is 32.1 Å². The topological polar surface area (TPSA) is 63.6 Å². The molecule has 0 aliphatic rings. The molecule has 0 radical (unpaired) electrons. The van der Waals surface area contributed by atoms with Crippen LogP contribution in [-0.4, -0.2) is 19.6 Å². The maximum Gasteiger partial charge on any atom is 0.397 e. The normalized spacial score (nSPS) is 13.3. The fourth-order valence-electron chi connectivity index (χ4n) is 3.80. The Morgan fingerprint density at radius 2 is 1.13 bits per heavy atom. The zero-order valence-corrected chi connectivity index (χ0v) is 20.8. The molecule has 30 heavy (non-hydrogen) atoms. The monoisotopic (exact) mass is 446 g/mol. The van der Waals surface area contributed by atoms with Gasteiger partial charge in [-0.2, -0.15) is 8.42 Å². The van der Waals surface area contributed by atoms with Crippen LogP contribution in [0.2, 0.25) is 0 Å². The van der Waals surface area contributed by atoms with Gasteiger partial charge in [0.15, 0.2) is 0 Å². The highest BCUT2D eigenvalue weighted by Crippen LogP contribution is 2.17. The minimum Gasteiger partial charge on any atom is -0.264 e. The molecule has 0 rings (SSSR count). The molecule has 0 fully saturated rings. The van der Waals surface area contributed by atoms with E-state index in [2.05, 4.69) is 30.2 Å². The van der Waals surface area contributed by atoms with Crippen molar-refractivity contribution in [1.82, 2.24) is 0 Å². The van der Waals surface area contributed by atoms with Crippen molar-refractivity contribution < 1.29 is 17.2 Å². The van der Waals surface area contributed by atoms with Crippen LogP contribution in [0.15, 0.2) is 12.2 Å². The second kappa shape index (κ2) is 21.8. The van der Waals surface area contributed by atoms with E-state index in [4.69, 9.17) is 4.55 Å². The molecule has 0 bridgehead atoms. The lowest BCUT2D eigenvalue weighted by Gasteiger charge is -2.12. The van der Waals surface area contributed by atoms with Crippen molar-refractivity contribution in [2.24, 2.45) is 5.92 Å². The Bertz CT molecular complexity index is 474. The smallest absolute Gasteiger partial charge is 0.264 e. The van der Waals surface area contributed by atoms with Crippen molar-refractivity contribution in [3.63, 3.8) is 0 Å². The fourth-order valence-corrected chi connectivity index (χ4v) is 4.14. The first-order valence-electron chi connectivity index (χ1n) is 12.8. The number of rotatable bonds is 23. The summed E-state index contributed by atoms with van der Waals surface area (Å²) in [6, 6.07) is 0. The standard InChI is InChI=1S/C25H50O4S/c1-3-5-7-9-10-11-12-13-14-15-16-17-18-19-21-23-25(22-20-8-6-4-2)24-29-30(26,27)28/h20,22,25H,3-19,21,23-24H2,1-2H3,(H,26,27,28)/b22-20+. The summed E-state index contributed by atoms with van der Waals surface area (Å²) in [6.45, 7) is 4.47. The Morgan fingerprint density at radius 3 is 1.57 bits per heavy atom. The molecular formula is C25H50O4S. The highest BCUT2D eigenvalue weighted by Gasteiger charge is 2.11. The molecule has 0 saturated carbocycles. The highest BCUT2D eigenvalue weighted by molar-refractivity contribution is 7.80. The van der Waals surface area contributed by atoms with E-state index < -0.39 is 10.4 Å². The Hall–Kier alpha value is -0.390. The summed E-state index contributed by atoms with van der Waals surface area (Å²) in [7, 11) is -4.35. The van der Waals surface area contributed by atoms with Gasteiger partial charge >= 0.3 is 10.4 Å². The van der Waals surface area contributed by atoms with Gasteiger partial charge in [-0.15, -0.1) is 0 Å². The summed E-state index contributed by atoms with van der Waals surface area (Å²) in [6.07, 6.45) is 28.5. The molecule has 0 aromatic carbocycles. The zero-order chi connectivity index (χ0) is 22.3. The molecule has 180 valence electrons. The minimum absolute atomic E-state index is 0.0417. The molecule has 0 heterocycles. The van der Waals surface area contributed by atoms with Crippen LogP contribution in [0.3, 0.4) is 0 Å². The maximum atomic E-state index is 10.8. The molecule has 0 aromatic rings. The molecule has 0 aromatic heterocycles. The Morgan fingerprint density at radius 1 is 0.700 bits per heavy atom. The first-order valence-corrected chi connectivity index (χ1v) is 14.1. The molecule has 0 aliphatic carbocycles. The van der Waals surface area contributed by atoms with Gasteiger partial charge in [0.25, 0.3) is 0 Å². The largest absolute Gasteiger partial charge is 0.397 e. The number of unbranched alkanes of at least 4 members (excludes halogenated alkanes) is 16. The van der Waals surface area contributed by atoms with Crippen LogP contribution in [0, 0.1) is 5.92 Å². The van der Waals surface area contributed by atoms with Gasteiger partial charge in [-0.25, -0.2) is 4.18 Å². The third-order valence-electron chi connectivity index (χ3n) is 5.74. The number of hydrogen-bond donors (Lipinski definition) is 1. The van der Waals surface area contributed by atoms with E-state index in [9.17, 15) is 8.42 Å². The Labute approximate surface area is 188 Å². The van der Waals surface area contributed by atoms with Crippen LogP contribution >= 0.6 is 0 Å². The fraction of sp³-hybridized carbons (Fsp3) is 0.920. The third kappa shape index (κ3) is 23.9. The van der Waals surface area contributed by atoms with Crippen molar-refractivity contribution >= 4 is 10.4 Å². The SMILES string of the molecule is CCCC/C=C/C(CCCCCCCCCCCCCCCCC)COS(=O)(=O)O. The van der Waals surface area contributed by atoms with E-state index in [-0.39, 0.29) is 12.5 Å². The summed E-state index contributed by atoms with van der Waals surface area (Å²) in [5.41, 5.74) is 0. The van der Waals surface area contributed by atoms with Gasteiger partial charge in [-0.1, -0.05) is 135 Å². The highest BCUT2D eigenvalue weighted by atomic mass is 32.3. The van der Waals surface area contributed by atoms with Crippen LogP contribution < -0.4 is 0 Å². The second-order valence-corrected chi connectivity index (χ2v) is 9.87. The maximum absolute atomic E-state index is 10.8. The van der Waals surface area contributed by atoms with Gasteiger partial charge in [-0.05, 0) is 12.8 Å². The van der Waals surface area contributed by atoms with E-state index in [1.165, 1.54) is 89.9 Å². The quantitative estimate of drug-likeness (QED) is 0.0971. The lowest BCUT2D eigenvalue weighted by Crippen LogP contribution is -2.12. The second-order valence-electron chi connectivity index (χ2n) is 8.78. The molecular weight excluding hydrogens is 396 g/mol. The van der Waals surface area contributed by atoms with E-state index in [1.54, 1.807) is 0 Å². The molecule has 1 N–H and O–H groups in total. The predicted octanol–water partition coefficient (Wildman–Crippen LogP) is 8.43. The lowest BCUT2D eigenvalue weighted by atomic mass is 9.99. The van der Waals surface area contributed by atoms with Crippen LogP contribution in [0.25, 0.3) is 0 Å². The molecule has 0 saturated heterocycles. The number of hydrogen-bond acceptors (Lipinski definition) is 3. The van der Waals surface area contributed by atoms with Crippen molar-refractivity contribution in [1.29, 1.82) is 0 Å².